The lowest BCUT2D eigenvalue weighted by atomic mass is 10.0. The van der Waals surface area contributed by atoms with E-state index >= 15 is 0 Å². The van der Waals surface area contributed by atoms with E-state index in [2.05, 4.69) is 4.13 Å². The van der Waals surface area contributed by atoms with E-state index in [1.807, 2.05) is 0 Å². The molecule has 112 valence electrons. The van der Waals surface area contributed by atoms with Crippen molar-refractivity contribution in [3.05, 3.63) is 52.8 Å². The van der Waals surface area contributed by atoms with Gasteiger partial charge in [0.15, 0.2) is 0 Å². The van der Waals surface area contributed by atoms with Gasteiger partial charge in [0.25, 0.3) is 0 Å². The average Bonchev–Trinajstić information content (AvgIpc) is 2.40. The van der Waals surface area contributed by atoms with E-state index in [4.69, 9.17) is 11.6 Å². The Balaban J connectivity index is 2.42. The van der Waals surface area contributed by atoms with Crippen LogP contribution in [-0.2, 0) is 10.0 Å². The fraction of sp³-hybridized carbons (Fsp3) is 0.143. The highest BCUT2D eigenvalue weighted by molar-refractivity contribution is 8.09. The van der Waals surface area contributed by atoms with Crippen LogP contribution < -0.4 is 4.13 Å². The van der Waals surface area contributed by atoms with Gasteiger partial charge < -0.3 is 0 Å². The minimum Gasteiger partial charge on any atom is -0.212 e. The zero-order valence-electron chi connectivity index (χ0n) is 11.4. The van der Waals surface area contributed by atoms with Gasteiger partial charge in [0.2, 0.25) is 10.0 Å². The Kier molecular flexibility index (Phi) is 4.93. The number of nitrogens with one attached hydrogen (secondary N) is 1. The number of halogens is 2. The first-order valence-electron chi connectivity index (χ1n) is 5.96. The molecule has 0 fully saturated rings. The number of aryl methyl sites for hydroxylation is 1. The number of rotatable bonds is 4. The summed E-state index contributed by atoms with van der Waals surface area (Å²) in [6.45, 7) is 1.68. The maximum absolute atomic E-state index is 14.2. The molecular formula is C14H13ClFNO2S2. The van der Waals surface area contributed by atoms with Crippen LogP contribution in [0.25, 0.3) is 11.1 Å². The molecule has 0 radical (unpaired) electrons. The SMILES string of the molecule is Cc1cccc(-c2cc(SNS(C)(=O)=O)ccc2Cl)c1F. The smallest absolute Gasteiger partial charge is 0.212 e. The molecule has 2 rings (SSSR count). The topological polar surface area (TPSA) is 46.2 Å². The summed E-state index contributed by atoms with van der Waals surface area (Å²) in [7, 11) is -3.32. The van der Waals surface area contributed by atoms with E-state index in [0.717, 1.165) is 18.2 Å². The third kappa shape index (κ3) is 4.20. The van der Waals surface area contributed by atoms with Gasteiger partial charge in [-0.05, 0) is 42.6 Å². The molecule has 2 aromatic rings. The molecule has 21 heavy (non-hydrogen) atoms. The first-order valence-corrected chi connectivity index (χ1v) is 9.05. The maximum Gasteiger partial charge on any atom is 0.218 e. The molecule has 0 bridgehead atoms. The molecule has 0 aliphatic rings. The van der Waals surface area contributed by atoms with Gasteiger partial charge in [-0.2, -0.15) is 4.13 Å². The van der Waals surface area contributed by atoms with Crippen LogP contribution in [0, 0.1) is 12.7 Å². The van der Waals surface area contributed by atoms with Crippen LogP contribution in [0.5, 0.6) is 0 Å². The second-order valence-electron chi connectivity index (χ2n) is 4.54. The average molecular weight is 346 g/mol. The summed E-state index contributed by atoms with van der Waals surface area (Å²) < 4.78 is 38.7. The number of benzene rings is 2. The Hall–Kier alpha value is -1.08. The molecule has 0 aliphatic carbocycles. The van der Waals surface area contributed by atoms with Crippen LogP contribution in [0.1, 0.15) is 5.56 Å². The van der Waals surface area contributed by atoms with Gasteiger partial charge in [-0.15, -0.1) is 0 Å². The van der Waals surface area contributed by atoms with Crippen molar-refractivity contribution in [1.82, 2.24) is 4.13 Å². The molecule has 0 atom stereocenters. The second-order valence-corrected chi connectivity index (χ2v) is 7.83. The normalized spacial score (nSPS) is 11.6. The van der Waals surface area contributed by atoms with Gasteiger partial charge in [-0.3, -0.25) is 0 Å². The number of hydrogen-bond acceptors (Lipinski definition) is 3. The van der Waals surface area contributed by atoms with Crippen LogP contribution in [-0.4, -0.2) is 14.7 Å². The first kappa shape index (κ1) is 16.3. The Morgan fingerprint density at radius 2 is 1.90 bits per heavy atom. The quantitative estimate of drug-likeness (QED) is 0.851. The summed E-state index contributed by atoms with van der Waals surface area (Å²) in [5.41, 5.74) is 1.44. The molecule has 7 heteroatoms. The zero-order chi connectivity index (χ0) is 15.6. The third-order valence-corrected chi connectivity index (χ3v) is 5.09. The Morgan fingerprint density at radius 3 is 2.57 bits per heavy atom. The summed E-state index contributed by atoms with van der Waals surface area (Å²) in [5.74, 6) is -0.336. The van der Waals surface area contributed by atoms with Gasteiger partial charge in [0.05, 0.1) is 6.26 Å². The van der Waals surface area contributed by atoms with Crippen molar-refractivity contribution in [2.45, 2.75) is 11.8 Å². The molecule has 0 amide bonds. The van der Waals surface area contributed by atoms with Gasteiger partial charge >= 0.3 is 0 Å². The van der Waals surface area contributed by atoms with Crippen molar-refractivity contribution in [3.63, 3.8) is 0 Å². The molecule has 0 saturated heterocycles. The summed E-state index contributed by atoms with van der Waals surface area (Å²) in [6.07, 6.45) is 1.07. The Bertz CT molecular complexity index is 779. The zero-order valence-corrected chi connectivity index (χ0v) is 13.7. The monoisotopic (exact) mass is 345 g/mol. The van der Waals surface area contributed by atoms with Gasteiger partial charge in [-0.25, -0.2) is 12.8 Å². The van der Waals surface area contributed by atoms with Crippen LogP contribution in [0.15, 0.2) is 41.3 Å². The molecule has 2 aromatic carbocycles. The van der Waals surface area contributed by atoms with Crippen molar-refractivity contribution >= 4 is 33.6 Å². The van der Waals surface area contributed by atoms with Gasteiger partial charge in [0, 0.05) is 21.0 Å². The van der Waals surface area contributed by atoms with E-state index in [1.54, 1.807) is 43.3 Å². The van der Waals surface area contributed by atoms with E-state index in [0.29, 0.717) is 26.6 Å². The van der Waals surface area contributed by atoms with Crippen LogP contribution in [0.3, 0.4) is 0 Å². The molecule has 3 nitrogen and oxygen atoms in total. The summed E-state index contributed by atoms with van der Waals surface area (Å²) in [5, 5.41) is 0.406. The largest absolute Gasteiger partial charge is 0.218 e. The van der Waals surface area contributed by atoms with Gasteiger partial charge in [-0.1, -0.05) is 29.8 Å². The van der Waals surface area contributed by atoms with E-state index < -0.39 is 10.0 Å². The summed E-state index contributed by atoms with van der Waals surface area (Å²) in [6, 6.07) is 10.0. The lowest BCUT2D eigenvalue weighted by molar-refractivity contribution is 0.600. The molecule has 0 aliphatic heterocycles. The van der Waals surface area contributed by atoms with Crippen LogP contribution in [0.4, 0.5) is 4.39 Å². The highest BCUT2D eigenvalue weighted by atomic mass is 35.5. The highest BCUT2D eigenvalue weighted by Gasteiger charge is 2.12. The van der Waals surface area contributed by atoms with Crippen molar-refractivity contribution < 1.29 is 12.8 Å². The number of hydrogen-bond donors (Lipinski definition) is 1. The maximum atomic E-state index is 14.2. The summed E-state index contributed by atoms with van der Waals surface area (Å²) in [4.78, 5) is 0.626. The molecular weight excluding hydrogens is 333 g/mol. The molecule has 0 saturated carbocycles. The Labute approximate surface area is 132 Å². The highest BCUT2D eigenvalue weighted by Crippen LogP contribution is 2.33. The first-order chi connectivity index (χ1) is 9.78. The van der Waals surface area contributed by atoms with Crippen molar-refractivity contribution in [2.24, 2.45) is 0 Å². The predicted molar refractivity (Wildman–Crippen MR) is 85.4 cm³/mol. The molecule has 1 N–H and O–H groups in total. The number of sulfonamides is 1. The van der Waals surface area contributed by atoms with E-state index in [9.17, 15) is 12.8 Å². The minimum absolute atomic E-state index is 0.336. The lowest BCUT2D eigenvalue weighted by Crippen LogP contribution is -2.13. The van der Waals surface area contributed by atoms with Crippen molar-refractivity contribution in [2.75, 3.05) is 6.26 Å². The molecule has 0 aromatic heterocycles. The van der Waals surface area contributed by atoms with Crippen molar-refractivity contribution in [1.29, 1.82) is 0 Å². The van der Waals surface area contributed by atoms with E-state index in [-0.39, 0.29) is 5.82 Å². The second kappa shape index (κ2) is 6.36. The standard InChI is InChI=1S/C14H13ClFNO2S2/c1-9-4-3-5-11(14(9)16)12-8-10(6-7-13(12)15)20-17-21(2,18)19/h3-8,17H,1-2H3. The van der Waals surface area contributed by atoms with Crippen LogP contribution in [0.2, 0.25) is 5.02 Å². The molecule has 0 heterocycles. The minimum atomic E-state index is -3.32. The molecule has 0 spiro atoms. The fourth-order valence-electron chi connectivity index (χ4n) is 1.75. The fourth-order valence-corrected chi connectivity index (χ4v) is 3.28. The summed E-state index contributed by atoms with van der Waals surface area (Å²) >= 11 is 7.07. The lowest BCUT2D eigenvalue weighted by Gasteiger charge is -2.10. The van der Waals surface area contributed by atoms with Crippen molar-refractivity contribution in [3.8, 4) is 11.1 Å². The van der Waals surface area contributed by atoms with Gasteiger partial charge in [0.1, 0.15) is 5.82 Å². The molecule has 0 unspecified atom stereocenters. The third-order valence-electron chi connectivity index (χ3n) is 2.73. The predicted octanol–water partition coefficient (Wildman–Crippen LogP) is 4.01. The van der Waals surface area contributed by atoms with Crippen LogP contribution >= 0.6 is 23.5 Å². The Morgan fingerprint density at radius 1 is 1.19 bits per heavy atom. The van der Waals surface area contributed by atoms with E-state index in [1.165, 1.54) is 0 Å².